The molecule has 1 atom stereocenters. The van der Waals surface area contributed by atoms with Gasteiger partial charge in [-0.1, -0.05) is 42.0 Å². The van der Waals surface area contributed by atoms with Crippen molar-refractivity contribution < 1.29 is 9.13 Å². The Balaban J connectivity index is 1.31. The number of nitrogens with zero attached hydrogens (tertiary/aromatic N) is 2. The summed E-state index contributed by atoms with van der Waals surface area (Å²) in [7, 11) is 0. The van der Waals surface area contributed by atoms with Gasteiger partial charge in [0, 0.05) is 11.4 Å². The molecule has 1 aliphatic carbocycles. The average molecular weight is 488 g/mol. The number of hydrogen-bond donors (Lipinski definition) is 3. The minimum atomic E-state index is -0.269. The summed E-state index contributed by atoms with van der Waals surface area (Å²) < 4.78 is 19.5. The number of allylic oxidation sites excluding steroid dienone is 4. The third kappa shape index (κ3) is 5.36. The molecule has 2 heterocycles. The summed E-state index contributed by atoms with van der Waals surface area (Å²) in [6.45, 7) is 0.215. The van der Waals surface area contributed by atoms with Crippen molar-refractivity contribution in [2.45, 2.75) is 12.5 Å². The lowest BCUT2D eigenvalue weighted by Gasteiger charge is -2.24. The lowest BCUT2D eigenvalue weighted by atomic mass is 10.0. The van der Waals surface area contributed by atoms with Crippen LogP contribution in [0.4, 0.5) is 27.3 Å². The van der Waals surface area contributed by atoms with Gasteiger partial charge in [0.05, 0.1) is 16.8 Å². The van der Waals surface area contributed by atoms with Gasteiger partial charge in [0.15, 0.2) is 5.82 Å². The van der Waals surface area contributed by atoms with Crippen molar-refractivity contribution in [3.63, 3.8) is 0 Å². The number of aromatic nitrogens is 2. The number of hydrogen-bond acceptors (Lipinski definition) is 6. The molecular weight excluding hydrogens is 465 g/mol. The summed E-state index contributed by atoms with van der Waals surface area (Å²) in [5.74, 6) is 0.865. The van der Waals surface area contributed by atoms with Gasteiger partial charge in [0.25, 0.3) is 0 Å². The molecule has 0 spiro atoms. The SMILES string of the molecule is Nc1ccc(C2C=Cc3ncnc(Nc4ccc(OCC5=CC(F)=CCC=C5)c(Cl)c4)c3N2)cc1. The molecule has 176 valence electrons. The number of nitrogen functional groups attached to an aromatic ring is 1. The molecule has 0 saturated carbocycles. The summed E-state index contributed by atoms with van der Waals surface area (Å²) in [4.78, 5) is 8.79. The van der Waals surface area contributed by atoms with Crippen LogP contribution in [0.3, 0.4) is 0 Å². The van der Waals surface area contributed by atoms with E-state index in [0.29, 0.717) is 23.0 Å². The summed E-state index contributed by atoms with van der Waals surface area (Å²) in [5.41, 5.74) is 10.7. The summed E-state index contributed by atoms with van der Waals surface area (Å²) >= 11 is 6.48. The topological polar surface area (TPSA) is 85.1 Å². The third-order valence-corrected chi connectivity index (χ3v) is 5.91. The first-order valence-corrected chi connectivity index (χ1v) is 11.5. The fraction of sp³-hybridized carbons (Fsp3) is 0.111. The van der Waals surface area contributed by atoms with Crippen LogP contribution in [-0.4, -0.2) is 16.6 Å². The van der Waals surface area contributed by atoms with Crippen molar-refractivity contribution in [3.05, 3.63) is 107 Å². The predicted molar refractivity (Wildman–Crippen MR) is 140 cm³/mol. The lowest BCUT2D eigenvalue weighted by Crippen LogP contribution is -2.15. The number of fused-ring (bicyclic) bond motifs is 1. The van der Waals surface area contributed by atoms with E-state index in [1.807, 2.05) is 54.6 Å². The monoisotopic (exact) mass is 487 g/mol. The Labute approximate surface area is 207 Å². The van der Waals surface area contributed by atoms with Crippen molar-refractivity contribution in [1.29, 1.82) is 0 Å². The Morgan fingerprint density at radius 1 is 1.14 bits per heavy atom. The van der Waals surface area contributed by atoms with Gasteiger partial charge in [-0.2, -0.15) is 0 Å². The van der Waals surface area contributed by atoms with Gasteiger partial charge in [-0.05, 0) is 66.1 Å². The molecule has 0 amide bonds. The van der Waals surface area contributed by atoms with E-state index in [2.05, 4.69) is 20.6 Å². The molecule has 0 fully saturated rings. The first-order chi connectivity index (χ1) is 17.0. The fourth-order valence-electron chi connectivity index (χ4n) is 3.82. The van der Waals surface area contributed by atoms with Crippen molar-refractivity contribution >= 4 is 40.6 Å². The van der Waals surface area contributed by atoms with Crippen molar-refractivity contribution in [2.75, 3.05) is 23.0 Å². The Hall–Kier alpha value is -4.10. The second-order valence-corrected chi connectivity index (χ2v) is 8.54. The third-order valence-electron chi connectivity index (χ3n) is 5.61. The van der Waals surface area contributed by atoms with Gasteiger partial charge in [-0.3, -0.25) is 0 Å². The molecule has 0 saturated heterocycles. The highest BCUT2D eigenvalue weighted by atomic mass is 35.5. The van der Waals surface area contributed by atoms with E-state index in [4.69, 9.17) is 22.1 Å². The summed E-state index contributed by atoms with van der Waals surface area (Å²) in [6, 6.07) is 13.1. The van der Waals surface area contributed by atoms with E-state index in [0.717, 1.165) is 33.9 Å². The van der Waals surface area contributed by atoms with Crippen molar-refractivity contribution in [1.82, 2.24) is 9.97 Å². The molecule has 1 aromatic heterocycles. The molecule has 35 heavy (non-hydrogen) atoms. The summed E-state index contributed by atoms with van der Waals surface area (Å²) in [6.07, 6.45) is 12.8. The second kappa shape index (κ2) is 10.0. The van der Waals surface area contributed by atoms with E-state index >= 15 is 0 Å². The first-order valence-electron chi connectivity index (χ1n) is 11.1. The maximum Gasteiger partial charge on any atom is 0.157 e. The summed E-state index contributed by atoms with van der Waals surface area (Å²) in [5, 5.41) is 7.24. The molecule has 6 nitrogen and oxygen atoms in total. The number of rotatable bonds is 6. The molecule has 3 aromatic rings. The van der Waals surface area contributed by atoms with Crippen molar-refractivity contribution in [2.24, 2.45) is 0 Å². The van der Waals surface area contributed by atoms with Gasteiger partial charge in [0.1, 0.15) is 30.2 Å². The largest absolute Gasteiger partial charge is 0.487 e. The zero-order valence-electron chi connectivity index (χ0n) is 18.7. The van der Waals surface area contributed by atoms with Crippen LogP contribution in [0.25, 0.3) is 6.08 Å². The smallest absolute Gasteiger partial charge is 0.157 e. The molecule has 1 unspecified atom stereocenters. The number of halogens is 2. The highest BCUT2D eigenvalue weighted by molar-refractivity contribution is 6.32. The van der Waals surface area contributed by atoms with Gasteiger partial charge in [-0.15, -0.1) is 0 Å². The number of anilines is 4. The highest BCUT2D eigenvalue weighted by Gasteiger charge is 2.19. The molecular formula is C27H23ClFN5O. The fourth-order valence-corrected chi connectivity index (χ4v) is 4.05. The zero-order chi connectivity index (χ0) is 24.2. The number of ether oxygens (including phenoxy) is 1. The lowest BCUT2D eigenvalue weighted by molar-refractivity contribution is 0.355. The molecule has 2 aliphatic rings. The minimum Gasteiger partial charge on any atom is -0.487 e. The van der Waals surface area contributed by atoms with E-state index in [9.17, 15) is 4.39 Å². The van der Waals surface area contributed by atoms with Crippen LogP contribution in [0.15, 0.2) is 90.6 Å². The zero-order valence-corrected chi connectivity index (χ0v) is 19.5. The van der Waals surface area contributed by atoms with Crippen LogP contribution in [0.2, 0.25) is 5.02 Å². The Kier molecular flexibility index (Phi) is 6.50. The molecule has 1 aliphatic heterocycles. The molecule has 0 bridgehead atoms. The van der Waals surface area contributed by atoms with Gasteiger partial charge >= 0.3 is 0 Å². The van der Waals surface area contributed by atoms with E-state index in [1.54, 1.807) is 12.1 Å². The first kappa shape index (κ1) is 22.7. The Bertz CT molecular complexity index is 1360. The Morgan fingerprint density at radius 2 is 2.00 bits per heavy atom. The normalized spacial score (nSPS) is 16.5. The van der Waals surface area contributed by atoms with Crippen LogP contribution in [0.5, 0.6) is 5.75 Å². The molecule has 4 N–H and O–H groups in total. The van der Waals surface area contributed by atoms with E-state index < -0.39 is 0 Å². The van der Waals surface area contributed by atoms with Crippen LogP contribution in [0.1, 0.15) is 23.7 Å². The standard InChI is InChI=1S/C27H23ClFN5O/c28-22-14-21(9-12-25(22)35-15-17-3-1-2-4-19(29)13-17)33-27-26-24(31-16-32-27)11-10-23(34-26)18-5-7-20(30)8-6-18/h1,3-14,16,23,34H,2,15,30H2,(H,31,32,33). The van der Waals surface area contributed by atoms with Crippen LogP contribution in [0, 0.1) is 0 Å². The Morgan fingerprint density at radius 3 is 2.83 bits per heavy atom. The molecule has 2 aromatic carbocycles. The number of nitrogens with one attached hydrogen (secondary N) is 2. The maximum absolute atomic E-state index is 13.6. The van der Waals surface area contributed by atoms with Crippen LogP contribution in [-0.2, 0) is 0 Å². The predicted octanol–water partition coefficient (Wildman–Crippen LogP) is 6.75. The number of benzene rings is 2. The minimum absolute atomic E-state index is 0.0407. The number of nitrogens with two attached hydrogens (primary N) is 1. The van der Waals surface area contributed by atoms with Gasteiger partial charge in [-0.25, -0.2) is 14.4 Å². The molecule has 0 radical (unpaired) electrons. The van der Waals surface area contributed by atoms with E-state index in [-0.39, 0.29) is 18.5 Å². The average Bonchev–Trinajstić information content (AvgIpc) is 3.08. The maximum atomic E-state index is 13.6. The molecule has 5 rings (SSSR count). The quantitative estimate of drug-likeness (QED) is 0.333. The highest BCUT2D eigenvalue weighted by Crippen LogP contribution is 2.36. The van der Waals surface area contributed by atoms with Crippen LogP contribution >= 0.6 is 11.6 Å². The van der Waals surface area contributed by atoms with Gasteiger partial charge < -0.3 is 21.1 Å². The second-order valence-electron chi connectivity index (χ2n) is 8.14. The van der Waals surface area contributed by atoms with Gasteiger partial charge in [0.2, 0.25) is 0 Å². The van der Waals surface area contributed by atoms with Crippen LogP contribution < -0.4 is 21.1 Å². The molecule has 8 heteroatoms. The van der Waals surface area contributed by atoms with E-state index in [1.165, 1.54) is 18.5 Å². The van der Waals surface area contributed by atoms with Crippen molar-refractivity contribution in [3.8, 4) is 5.75 Å².